The van der Waals surface area contributed by atoms with Crippen molar-refractivity contribution in [3.63, 3.8) is 0 Å². The number of anilines is 2. The molecule has 2 aliphatic heterocycles. The zero-order valence-electron chi connectivity index (χ0n) is 19.6. The number of benzene rings is 2. The predicted molar refractivity (Wildman–Crippen MR) is 138 cm³/mol. The largest absolute Gasteiger partial charge is 0.494 e. The van der Waals surface area contributed by atoms with E-state index in [2.05, 4.69) is 9.80 Å². The molecule has 4 rings (SSSR count). The van der Waals surface area contributed by atoms with Crippen LogP contribution in [0.5, 0.6) is 5.75 Å². The van der Waals surface area contributed by atoms with Gasteiger partial charge >= 0.3 is 6.09 Å². The maximum Gasteiger partial charge on any atom is 0.406 e. The van der Waals surface area contributed by atoms with Crippen molar-refractivity contribution in [1.29, 1.82) is 0 Å². The summed E-state index contributed by atoms with van der Waals surface area (Å²) in [5.74, 6) is 0.586. The topological polar surface area (TPSA) is 88.3 Å². The van der Waals surface area contributed by atoms with Gasteiger partial charge in [-0.2, -0.15) is 0 Å². The minimum atomic E-state index is -0.910. The predicted octanol–water partition coefficient (Wildman–Crippen LogP) is 4.31. The maximum atomic E-state index is 12.3. The van der Waals surface area contributed by atoms with Crippen molar-refractivity contribution < 1.29 is 19.1 Å². The number of unbranched alkanes of at least 4 members (excludes halogenated alkanes) is 1. The van der Waals surface area contributed by atoms with E-state index in [0.717, 1.165) is 56.8 Å². The standard InChI is InChI=1S/C25H30Cl2N4O4/c26-20-4-3-5-21(24(20)27)30-13-11-29(12-14-30)10-1-2-15-34-19-8-6-18-7-9-23(32)31(22(18)16-19)17-35-25(28)33/h3-6,8,16H,1-2,7,9-15,17H2,(H2,28,33). The number of fused-ring (bicyclic) bond motifs is 1. The van der Waals surface area contributed by atoms with Crippen LogP contribution < -0.4 is 20.3 Å². The molecule has 0 spiro atoms. The first-order valence-corrected chi connectivity index (χ1v) is 12.6. The summed E-state index contributed by atoms with van der Waals surface area (Å²) in [6.45, 7) is 5.19. The number of carbonyl (C=O) groups excluding carboxylic acids is 2. The van der Waals surface area contributed by atoms with Gasteiger partial charge in [-0.1, -0.05) is 35.3 Å². The summed E-state index contributed by atoms with van der Waals surface area (Å²) < 4.78 is 10.8. The molecule has 188 valence electrons. The Bertz CT molecular complexity index is 1060. The summed E-state index contributed by atoms with van der Waals surface area (Å²) >= 11 is 12.5. The summed E-state index contributed by atoms with van der Waals surface area (Å²) in [5, 5.41) is 1.21. The van der Waals surface area contributed by atoms with Gasteiger partial charge in [0.1, 0.15) is 5.75 Å². The third-order valence-electron chi connectivity index (χ3n) is 6.37. The number of carbonyl (C=O) groups is 2. The number of rotatable bonds is 9. The molecule has 10 heteroatoms. The zero-order chi connectivity index (χ0) is 24.8. The van der Waals surface area contributed by atoms with Crippen LogP contribution in [0, 0.1) is 0 Å². The van der Waals surface area contributed by atoms with Gasteiger partial charge in [-0.25, -0.2) is 4.79 Å². The van der Waals surface area contributed by atoms with Gasteiger partial charge in [0, 0.05) is 38.7 Å². The summed E-state index contributed by atoms with van der Waals surface area (Å²) in [6.07, 6.45) is 2.06. The number of primary amides is 1. The summed E-state index contributed by atoms with van der Waals surface area (Å²) in [4.78, 5) is 29.4. The van der Waals surface area contributed by atoms with Crippen molar-refractivity contribution in [3.05, 3.63) is 52.0 Å². The molecule has 0 unspecified atom stereocenters. The molecule has 2 heterocycles. The van der Waals surface area contributed by atoms with E-state index >= 15 is 0 Å². The Balaban J connectivity index is 1.20. The van der Waals surface area contributed by atoms with Gasteiger partial charge < -0.3 is 20.1 Å². The average Bonchev–Trinajstić information content (AvgIpc) is 2.85. The SMILES string of the molecule is NC(=O)OCN1C(=O)CCc2ccc(OCCCCN3CCN(c4cccc(Cl)c4Cl)CC3)cc21. The molecule has 0 aromatic heterocycles. The van der Waals surface area contributed by atoms with Gasteiger partial charge in [0.25, 0.3) is 0 Å². The molecule has 8 nitrogen and oxygen atoms in total. The van der Waals surface area contributed by atoms with Gasteiger partial charge in [-0.3, -0.25) is 14.6 Å². The van der Waals surface area contributed by atoms with Crippen LogP contribution in [0.25, 0.3) is 0 Å². The molecule has 2 amide bonds. The molecular formula is C25H30Cl2N4O4. The molecule has 2 aromatic rings. The lowest BCUT2D eigenvalue weighted by molar-refractivity contribution is -0.119. The molecule has 0 saturated carbocycles. The van der Waals surface area contributed by atoms with E-state index in [9.17, 15) is 9.59 Å². The van der Waals surface area contributed by atoms with Crippen LogP contribution in [0.3, 0.4) is 0 Å². The Hall–Kier alpha value is -2.68. The fourth-order valence-electron chi connectivity index (χ4n) is 4.45. The summed E-state index contributed by atoms with van der Waals surface area (Å²) in [6, 6.07) is 11.5. The van der Waals surface area contributed by atoms with Crippen molar-refractivity contribution in [3.8, 4) is 5.75 Å². The first-order chi connectivity index (χ1) is 16.9. The third kappa shape index (κ3) is 6.51. The molecule has 0 bridgehead atoms. The van der Waals surface area contributed by atoms with Crippen LogP contribution in [-0.2, 0) is 16.0 Å². The molecule has 0 radical (unpaired) electrons. The highest BCUT2D eigenvalue weighted by Gasteiger charge is 2.25. The van der Waals surface area contributed by atoms with E-state index in [-0.39, 0.29) is 12.6 Å². The molecule has 35 heavy (non-hydrogen) atoms. The highest BCUT2D eigenvalue weighted by Crippen LogP contribution is 2.33. The Labute approximate surface area is 215 Å². The van der Waals surface area contributed by atoms with Crippen LogP contribution in [0.15, 0.2) is 36.4 Å². The van der Waals surface area contributed by atoms with E-state index in [4.69, 9.17) is 38.4 Å². The molecule has 2 aromatic carbocycles. The number of hydrogen-bond donors (Lipinski definition) is 1. The van der Waals surface area contributed by atoms with Crippen LogP contribution in [0.4, 0.5) is 16.2 Å². The Morgan fingerprint density at radius 2 is 1.80 bits per heavy atom. The quantitative estimate of drug-likeness (QED) is 0.495. The second kappa shape index (κ2) is 11.8. The number of aryl methyl sites for hydroxylation is 1. The fraction of sp³-hybridized carbons (Fsp3) is 0.440. The van der Waals surface area contributed by atoms with Gasteiger partial charge in [-0.15, -0.1) is 0 Å². The van der Waals surface area contributed by atoms with Crippen LogP contribution in [0.1, 0.15) is 24.8 Å². The normalized spacial score (nSPS) is 16.2. The van der Waals surface area contributed by atoms with Crippen molar-refractivity contribution in [2.24, 2.45) is 5.73 Å². The highest BCUT2D eigenvalue weighted by atomic mass is 35.5. The van der Waals surface area contributed by atoms with Crippen LogP contribution >= 0.6 is 23.2 Å². The highest BCUT2D eigenvalue weighted by molar-refractivity contribution is 6.43. The average molecular weight is 521 g/mol. The number of amides is 2. The van der Waals surface area contributed by atoms with Gasteiger partial charge in [0.05, 0.1) is 28.0 Å². The molecular weight excluding hydrogens is 491 g/mol. The molecule has 0 aliphatic carbocycles. The van der Waals surface area contributed by atoms with Crippen molar-refractivity contribution >= 4 is 46.6 Å². The number of halogens is 2. The third-order valence-corrected chi connectivity index (χ3v) is 7.18. The Morgan fingerprint density at radius 3 is 2.57 bits per heavy atom. The van der Waals surface area contributed by atoms with E-state index in [1.54, 1.807) is 0 Å². The van der Waals surface area contributed by atoms with Crippen molar-refractivity contribution in [1.82, 2.24) is 4.90 Å². The minimum absolute atomic E-state index is 0.103. The second-order valence-electron chi connectivity index (χ2n) is 8.66. The van der Waals surface area contributed by atoms with Gasteiger partial charge in [0.2, 0.25) is 5.91 Å². The molecule has 2 N–H and O–H groups in total. The van der Waals surface area contributed by atoms with Crippen LogP contribution in [-0.4, -0.2) is 63.0 Å². The van der Waals surface area contributed by atoms with E-state index < -0.39 is 6.09 Å². The molecule has 0 atom stereocenters. The number of ether oxygens (including phenoxy) is 2. The van der Waals surface area contributed by atoms with Crippen molar-refractivity contribution in [2.75, 3.05) is 55.9 Å². The van der Waals surface area contributed by atoms with Crippen LogP contribution in [0.2, 0.25) is 10.0 Å². The number of hydrogen-bond acceptors (Lipinski definition) is 6. The number of nitrogens with two attached hydrogens (primary N) is 1. The monoisotopic (exact) mass is 520 g/mol. The zero-order valence-corrected chi connectivity index (χ0v) is 21.1. The minimum Gasteiger partial charge on any atom is -0.494 e. The Morgan fingerprint density at radius 1 is 1.00 bits per heavy atom. The van der Waals surface area contributed by atoms with E-state index in [1.807, 2.05) is 36.4 Å². The lowest BCUT2D eigenvalue weighted by Crippen LogP contribution is -2.46. The summed E-state index contributed by atoms with van der Waals surface area (Å²) in [7, 11) is 0. The maximum absolute atomic E-state index is 12.3. The smallest absolute Gasteiger partial charge is 0.406 e. The molecule has 1 fully saturated rings. The second-order valence-corrected chi connectivity index (χ2v) is 9.45. The van der Waals surface area contributed by atoms with E-state index in [1.165, 1.54) is 4.90 Å². The van der Waals surface area contributed by atoms with E-state index in [0.29, 0.717) is 40.9 Å². The lowest BCUT2D eigenvalue weighted by Gasteiger charge is -2.36. The Kier molecular flexibility index (Phi) is 8.59. The number of nitrogens with zero attached hydrogens (tertiary/aromatic N) is 3. The van der Waals surface area contributed by atoms with Gasteiger partial charge in [-0.05, 0) is 49.6 Å². The lowest BCUT2D eigenvalue weighted by atomic mass is 10.0. The fourth-order valence-corrected chi connectivity index (χ4v) is 4.87. The summed E-state index contributed by atoms with van der Waals surface area (Å²) in [5.41, 5.74) is 7.78. The van der Waals surface area contributed by atoms with Crippen molar-refractivity contribution in [2.45, 2.75) is 25.7 Å². The first-order valence-electron chi connectivity index (χ1n) is 11.8. The molecule has 2 aliphatic rings. The van der Waals surface area contributed by atoms with Gasteiger partial charge in [0.15, 0.2) is 6.73 Å². The first kappa shape index (κ1) is 25.4. The number of piperazine rings is 1. The molecule has 1 saturated heterocycles.